The fourth-order valence-electron chi connectivity index (χ4n) is 3.28. The molecular weight excluding hydrogens is 410 g/mol. The van der Waals surface area contributed by atoms with Gasteiger partial charge < -0.3 is 24.8 Å². The van der Waals surface area contributed by atoms with Crippen LogP contribution in [0, 0.1) is 0 Å². The third-order valence-electron chi connectivity index (χ3n) is 5.01. The van der Waals surface area contributed by atoms with Gasteiger partial charge in [0.2, 0.25) is 0 Å². The summed E-state index contributed by atoms with van der Waals surface area (Å²) in [4.78, 5) is 5.78. The first kappa shape index (κ1) is 22.3. The Balaban J connectivity index is 1.52. The lowest BCUT2D eigenvalue weighted by atomic mass is 10.2. The third-order valence-corrected chi connectivity index (χ3v) is 6.25. The van der Waals surface area contributed by atoms with Crippen LogP contribution in [0.4, 0.5) is 0 Å². The fourth-order valence-corrected chi connectivity index (χ4v) is 4.33. The van der Waals surface area contributed by atoms with Gasteiger partial charge in [-0.15, -0.1) is 11.3 Å². The summed E-state index contributed by atoms with van der Waals surface area (Å²) in [5, 5.41) is 13.9. The van der Waals surface area contributed by atoms with Gasteiger partial charge in [-0.1, -0.05) is 17.7 Å². The number of nitrogens with one attached hydrogen (secondary N) is 1. The highest BCUT2D eigenvalue weighted by atomic mass is 35.5. The summed E-state index contributed by atoms with van der Waals surface area (Å²) >= 11 is 7.57. The second kappa shape index (κ2) is 11.2. The monoisotopic (exact) mass is 439 g/mol. The highest BCUT2D eigenvalue weighted by Gasteiger charge is 2.18. The number of hydrogen-bond donors (Lipinski definition) is 2. The lowest BCUT2D eigenvalue weighted by Crippen LogP contribution is -2.47. The van der Waals surface area contributed by atoms with Crippen LogP contribution in [0.15, 0.2) is 30.3 Å². The molecule has 1 aliphatic heterocycles. The minimum Gasteiger partial charge on any atom is -0.497 e. The minimum atomic E-state index is -0.529. The maximum Gasteiger partial charge on any atom is 0.127 e. The van der Waals surface area contributed by atoms with Crippen LogP contribution in [0.25, 0.3) is 0 Å². The van der Waals surface area contributed by atoms with Crippen LogP contribution in [-0.4, -0.2) is 74.5 Å². The molecule has 3 rings (SSSR count). The van der Waals surface area contributed by atoms with Crippen LogP contribution < -0.4 is 14.8 Å². The predicted molar refractivity (Wildman–Crippen MR) is 118 cm³/mol. The number of piperazine rings is 1. The van der Waals surface area contributed by atoms with Crippen molar-refractivity contribution in [1.29, 1.82) is 0 Å². The molecule has 8 heteroatoms. The van der Waals surface area contributed by atoms with Crippen LogP contribution in [0.2, 0.25) is 4.34 Å². The van der Waals surface area contributed by atoms with Crippen molar-refractivity contribution in [3.8, 4) is 11.5 Å². The lowest BCUT2D eigenvalue weighted by Gasteiger charge is -2.33. The average molecular weight is 440 g/mol. The zero-order chi connectivity index (χ0) is 20.6. The van der Waals surface area contributed by atoms with Crippen LogP contribution >= 0.6 is 22.9 Å². The molecule has 1 aromatic heterocycles. The number of likely N-dealkylation sites (N-methyl/N-ethyl adjacent to an activating group) is 1. The normalized spacial score (nSPS) is 16.7. The number of methoxy groups -OCH3 is 1. The summed E-state index contributed by atoms with van der Waals surface area (Å²) in [5.74, 6) is 1.47. The van der Waals surface area contributed by atoms with E-state index in [0.29, 0.717) is 13.1 Å². The van der Waals surface area contributed by atoms with Crippen molar-refractivity contribution in [2.75, 3.05) is 53.5 Å². The molecule has 1 saturated heterocycles. The molecule has 2 aromatic rings. The summed E-state index contributed by atoms with van der Waals surface area (Å²) in [7, 11) is 3.77. The first-order valence-corrected chi connectivity index (χ1v) is 11.1. The topological polar surface area (TPSA) is 57.2 Å². The molecule has 160 valence electrons. The Morgan fingerprint density at radius 1 is 1.17 bits per heavy atom. The molecule has 1 fully saturated rings. The van der Waals surface area contributed by atoms with Gasteiger partial charge in [0.05, 0.1) is 11.4 Å². The number of aliphatic hydroxyl groups excluding tert-OH is 1. The molecule has 6 nitrogen and oxygen atoms in total. The number of hydrogen-bond acceptors (Lipinski definition) is 7. The van der Waals surface area contributed by atoms with E-state index in [1.165, 1.54) is 4.88 Å². The quantitative estimate of drug-likeness (QED) is 0.593. The van der Waals surface area contributed by atoms with Gasteiger partial charge in [0, 0.05) is 62.3 Å². The third kappa shape index (κ3) is 7.13. The molecule has 1 atom stereocenters. The lowest BCUT2D eigenvalue weighted by molar-refractivity contribution is 0.0501. The van der Waals surface area contributed by atoms with Crippen molar-refractivity contribution in [3.63, 3.8) is 0 Å². The summed E-state index contributed by atoms with van der Waals surface area (Å²) in [6.45, 7) is 6.32. The van der Waals surface area contributed by atoms with Gasteiger partial charge in [-0.3, -0.25) is 4.90 Å². The number of thiophene rings is 1. The van der Waals surface area contributed by atoms with E-state index in [4.69, 9.17) is 21.1 Å². The van der Waals surface area contributed by atoms with Gasteiger partial charge in [-0.05, 0) is 25.2 Å². The Morgan fingerprint density at radius 3 is 2.66 bits per heavy atom. The first-order chi connectivity index (χ1) is 14.0. The van der Waals surface area contributed by atoms with E-state index in [0.717, 1.165) is 54.1 Å². The molecule has 0 spiro atoms. The van der Waals surface area contributed by atoms with Crippen LogP contribution in [0.3, 0.4) is 0 Å². The van der Waals surface area contributed by atoms with Gasteiger partial charge in [0.1, 0.15) is 24.2 Å². The van der Waals surface area contributed by atoms with Gasteiger partial charge >= 0.3 is 0 Å². The molecule has 1 aliphatic rings. The number of nitrogens with zero attached hydrogens (tertiary/aromatic N) is 2. The van der Waals surface area contributed by atoms with E-state index in [-0.39, 0.29) is 6.61 Å². The summed E-state index contributed by atoms with van der Waals surface area (Å²) in [5.41, 5.74) is 1.03. The van der Waals surface area contributed by atoms with E-state index in [1.807, 2.05) is 30.3 Å². The molecule has 0 amide bonds. The Kier molecular flexibility index (Phi) is 8.59. The van der Waals surface area contributed by atoms with Crippen molar-refractivity contribution in [3.05, 3.63) is 45.1 Å². The number of β-amino-alcohol motifs (C(OH)–C–C–N with tert-alkyl or cyclic N) is 1. The van der Waals surface area contributed by atoms with E-state index in [9.17, 15) is 5.11 Å². The van der Waals surface area contributed by atoms with Gasteiger partial charge in [0.15, 0.2) is 0 Å². The predicted octanol–water partition coefficient (Wildman–Crippen LogP) is 2.69. The van der Waals surface area contributed by atoms with Gasteiger partial charge in [-0.2, -0.15) is 0 Å². The summed E-state index contributed by atoms with van der Waals surface area (Å²) in [6.07, 6.45) is -0.529. The van der Waals surface area contributed by atoms with Crippen molar-refractivity contribution in [1.82, 2.24) is 15.1 Å². The van der Waals surface area contributed by atoms with Gasteiger partial charge in [-0.25, -0.2) is 0 Å². The van der Waals surface area contributed by atoms with Crippen LogP contribution in [-0.2, 0) is 13.1 Å². The minimum absolute atomic E-state index is 0.257. The molecule has 2 N–H and O–H groups in total. The zero-order valence-electron chi connectivity index (χ0n) is 17.1. The largest absolute Gasteiger partial charge is 0.497 e. The molecule has 0 unspecified atom stereocenters. The molecule has 0 bridgehead atoms. The molecule has 0 aliphatic carbocycles. The standard InChI is InChI=1S/C21H30ClN3O3S/c1-24-7-9-25(10-8-24)14-17(26)15-28-20-11-18(27-2)4-3-16(20)12-23-13-19-5-6-21(22)29-19/h3-6,11,17,23,26H,7-10,12-15H2,1-2H3/t17-/m1/s1. The Bertz CT molecular complexity index is 765. The Labute approximate surface area is 182 Å². The van der Waals surface area contributed by atoms with Crippen molar-refractivity contribution < 1.29 is 14.6 Å². The Morgan fingerprint density at radius 2 is 1.97 bits per heavy atom. The second-order valence-corrected chi connectivity index (χ2v) is 9.15. The molecule has 0 radical (unpaired) electrons. The number of aliphatic hydroxyl groups is 1. The average Bonchev–Trinajstić information content (AvgIpc) is 3.14. The smallest absolute Gasteiger partial charge is 0.127 e. The second-order valence-electron chi connectivity index (χ2n) is 7.35. The SMILES string of the molecule is COc1ccc(CNCc2ccc(Cl)s2)c(OC[C@H](O)CN2CCN(C)CC2)c1. The Hall–Kier alpha value is -1.35. The summed E-state index contributed by atoms with van der Waals surface area (Å²) < 4.78 is 12.1. The molecule has 2 heterocycles. The van der Waals surface area contributed by atoms with E-state index < -0.39 is 6.10 Å². The number of ether oxygens (including phenoxy) is 2. The molecule has 0 saturated carbocycles. The van der Waals surface area contributed by atoms with Crippen molar-refractivity contribution in [2.24, 2.45) is 0 Å². The van der Waals surface area contributed by atoms with Gasteiger partial charge in [0.25, 0.3) is 0 Å². The number of halogens is 1. The fraction of sp³-hybridized carbons (Fsp3) is 0.524. The highest BCUT2D eigenvalue weighted by Crippen LogP contribution is 2.26. The molecular formula is C21H30ClN3O3S. The molecule has 1 aromatic carbocycles. The van der Waals surface area contributed by atoms with Crippen LogP contribution in [0.5, 0.6) is 11.5 Å². The maximum absolute atomic E-state index is 10.4. The highest BCUT2D eigenvalue weighted by molar-refractivity contribution is 7.16. The van der Waals surface area contributed by atoms with E-state index in [2.05, 4.69) is 22.2 Å². The number of rotatable bonds is 10. The van der Waals surface area contributed by atoms with Crippen LogP contribution in [0.1, 0.15) is 10.4 Å². The summed E-state index contributed by atoms with van der Waals surface area (Å²) in [6, 6.07) is 9.73. The van der Waals surface area contributed by atoms with Crippen molar-refractivity contribution in [2.45, 2.75) is 19.2 Å². The first-order valence-electron chi connectivity index (χ1n) is 9.87. The van der Waals surface area contributed by atoms with Crippen molar-refractivity contribution >= 4 is 22.9 Å². The number of benzene rings is 1. The zero-order valence-corrected chi connectivity index (χ0v) is 18.6. The van der Waals surface area contributed by atoms with E-state index in [1.54, 1.807) is 18.4 Å². The molecule has 29 heavy (non-hydrogen) atoms. The van der Waals surface area contributed by atoms with E-state index >= 15 is 0 Å². The maximum atomic E-state index is 10.4.